The summed E-state index contributed by atoms with van der Waals surface area (Å²) in [7, 11) is -4.59. The van der Waals surface area contributed by atoms with E-state index in [9.17, 15) is 0 Å². The van der Waals surface area contributed by atoms with E-state index in [1.807, 2.05) is 0 Å². The lowest BCUT2D eigenvalue weighted by Gasteiger charge is -2.34. The molecule has 0 bridgehead atoms. The number of hydrogen-bond donors (Lipinski definition) is 0. The molecule has 1 unspecified atom stereocenters. The molecule has 0 saturated carbocycles. The lowest BCUT2D eigenvalue weighted by Crippen LogP contribution is -3.00. The van der Waals surface area contributed by atoms with E-state index in [2.05, 4.69) is 196 Å². The summed E-state index contributed by atoms with van der Waals surface area (Å²) in [6.07, 6.45) is 2.04. The predicted molar refractivity (Wildman–Crippen MR) is 226 cm³/mol. The molecule has 1 atom stereocenters. The largest absolute Gasteiger partial charge is 1.00 e. The zero-order chi connectivity index (χ0) is 36.1. The lowest BCUT2D eigenvalue weighted by molar-refractivity contribution is -0.109. The Balaban J connectivity index is 0.00000257. The molecule has 0 radical (unpaired) electrons. The highest BCUT2D eigenvalue weighted by Gasteiger charge is 2.50. The van der Waals surface area contributed by atoms with Gasteiger partial charge in [0, 0.05) is 17.5 Å². The molecule has 55 heavy (non-hydrogen) atoms. The van der Waals surface area contributed by atoms with Crippen molar-refractivity contribution in [1.29, 1.82) is 0 Å². The molecule has 7 aromatic rings. The van der Waals surface area contributed by atoms with Gasteiger partial charge < -0.3 is 34.3 Å². The highest BCUT2D eigenvalue weighted by molar-refractivity contribution is 7.95. The second kappa shape index (κ2) is 18.1. The number of fused-ring (bicyclic) bond motifs is 1. The van der Waals surface area contributed by atoms with Gasteiger partial charge in [-0.15, -0.1) is 0 Å². The summed E-state index contributed by atoms with van der Waals surface area (Å²) >= 11 is 0. The minimum absolute atomic E-state index is 0. The fraction of sp³-hybridized carbons (Fsp3) is 0.146. The van der Waals surface area contributed by atoms with Crippen LogP contribution < -0.4 is 61.4 Å². The van der Waals surface area contributed by atoms with E-state index < -0.39 is 14.5 Å². The summed E-state index contributed by atoms with van der Waals surface area (Å²) in [4.78, 5) is 5.65. The Bertz CT molecular complexity index is 2070. The molecule has 1 aromatic heterocycles. The quantitative estimate of drug-likeness (QED) is 0.189. The van der Waals surface area contributed by atoms with Crippen LogP contribution in [0.3, 0.4) is 0 Å². The van der Waals surface area contributed by atoms with Crippen molar-refractivity contribution >= 4 is 46.4 Å². The van der Waals surface area contributed by atoms with Crippen LogP contribution in [0.25, 0.3) is 0 Å². The van der Waals surface area contributed by atoms with Gasteiger partial charge in [-0.05, 0) is 79.7 Å². The van der Waals surface area contributed by atoms with Crippen molar-refractivity contribution in [3.63, 3.8) is 0 Å². The Hall–Kier alpha value is -4.33. The molecule has 0 N–H and O–H groups in total. The van der Waals surface area contributed by atoms with Crippen LogP contribution in [-0.2, 0) is 23.7 Å². The molecule has 2 heterocycles. The standard InChI is InChI=1S/C48H45NO2P2.2ClH/c1-3-47-50-34-44-45(35-52(38-22-10-4-11-23-38,39-24-12-5-13-25-39)40-26-14-6-15-27-40)46(49-37(2)48(44)51-47)36-53(41-28-16-7-17-29-41,42-30-18-8-19-31-42)43-32-20-9-21-33-43;;/h4-33,47H,3,34-36H2,1-2H3;2*1H/q+2;;/p-2. The van der Waals surface area contributed by atoms with Gasteiger partial charge in [0.2, 0.25) is 0 Å². The van der Waals surface area contributed by atoms with Crippen molar-refractivity contribution in [3.8, 4) is 5.75 Å². The summed E-state index contributed by atoms with van der Waals surface area (Å²) in [6, 6.07) is 66.9. The third-order valence-corrected chi connectivity index (χ3v) is 19.2. The Morgan fingerprint density at radius 3 is 1.16 bits per heavy atom. The third-order valence-electron chi connectivity index (χ3n) is 10.6. The van der Waals surface area contributed by atoms with E-state index in [4.69, 9.17) is 14.5 Å². The number of hydrogen-bond acceptors (Lipinski definition) is 3. The number of benzene rings is 6. The molecule has 0 saturated heterocycles. The number of aromatic nitrogens is 1. The summed E-state index contributed by atoms with van der Waals surface area (Å²) in [5, 5.41) is 8.06. The van der Waals surface area contributed by atoms with Crippen LogP contribution in [0.4, 0.5) is 0 Å². The summed E-state index contributed by atoms with van der Waals surface area (Å²) in [5.41, 5.74) is 4.44. The summed E-state index contributed by atoms with van der Waals surface area (Å²) < 4.78 is 13.2. The number of ether oxygens (including phenoxy) is 2. The molecule has 0 amide bonds. The zero-order valence-corrected chi connectivity index (χ0v) is 34.4. The molecule has 0 aliphatic carbocycles. The normalized spacial score (nSPS) is 13.7. The van der Waals surface area contributed by atoms with Crippen LogP contribution >= 0.6 is 14.5 Å². The van der Waals surface area contributed by atoms with Crippen LogP contribution in [0.2, 0.25) is 0 Å². The highest BCUT2D eigenvalue weighted by atomic mass is 35.5. The second-order valence-electron chi connectivity index (χ2n) is 13.6. The maximum atomic E-state index is 6.66. The van der Waals surface area contributed by atoms with Gasteiger partial charge in [0.25, 0.3) is 0 Å². The molecular weight excluding hydrogens is 755 g/mol. The maximum Gasteiger partial charge on any atom is 0.200 e. The number of nitrogens with zero attached hydrogens (tertiary/aromatic N) is 1. The Kier molecular flexibility index (Phi) is 13.3. The minimum atomic E-state index is -2.31. The Morgan fingerprint density at radius 1 is 0.509 bits per heavy atom. The number of rotatable bonds is 11. The summed E-state index contributed by atoms with van der Waals surface area (Å²) in [6.45, 7) is 4.72. The molecule has 0 spiro atoms. The molecule has 6 aromatic carbocycles. The van der Waals surface area contributed by atoms with Crippen LogP contribution in [0.5, 0.6) is 5.75 Å². The fourth-order valence-corrected chi connectivity index (χ4v) is 16.5. The molecule has 8 rings (SSSR count). The van der Waals surface area contributed by atoms with Gasteiger partial charge in [-0.2, -0.15) is 0 Å². The zero-order valence-electron chi connectivity index (χ0n) is 31.1. The number of pyridine rings is 1. The van der Waals surface area contributed by atoms with Crippen molar-refractivity contribution in [1.82, 2.24) is 4.98 Å². The average Bonchev–Trinajstić information content (AvgIpc) is 3.24. The summed E-state index contributed by atoms with van der Waals surface area (Å²) in [5.74, 6) is 0.886. The van der Waals surface area contributed by atoms with Gasteiger partial charge in [0.15, 0.2) is 6.29 Å². The van der Waals surface area contributed by atoms with E-state index in [0.29, 0.717) is 6.61 Å². The monoisotopic (exact) mass is 799 g/mol. The van der Waals surface area contributed by atoms with Gasteiger partial charge in [0.1, 0.15) is 64.4 Å². The average molecular weight is 801 g/mol. The van der Waals surface area contributed by atoms with Crippen molar-refractivity contribution in [2.75, 3.05) is 0 Å². The van der Waals surface area contributed by atoms with E-state index in [1.54, 1.807) is 0 Å². The predicted octanol–water partition coefficient (Wildman–Crippen LogP) is 3.03. The second-order valence-corrected chi connectivity index (χ2v) is 20.6. The van der Waals surface area contributed by atoms with Gasteiger partial charge in [0.05, 0.1) is 18.0 Å². The molecule has 0 fully saturated rings. The van der Waals surface area contributed by atoms with Gasteiger partial charge >= 0.3 is 0 Å². The highest BCUT2D eigenvalue weighted by Crippen LogP contribution is 2.62. The Morgan fingerprint density at radius 2 is 0.836 bits per heavy atom. The van der Waals surface area contributed by atoms with Crippen LogP contribution in [0, 0.1) is 6.92 Å². The first-order valence-corrected chi connectivity index (χ1v) is 22.5. The molecule has 3 nitrogen and oxygen atoms in total. The first-order chi connectivity index (χ1) is 26.1. The van der Waals surface area contributed by atoms with E-state index >= 15 is 0 Å². The SMILES string of the molecule is CCC1OCc2c(C[P+](c3ccccc3)(c3ccccc3)c3ccccc3)c(C[P+](c3ccccc3)(c3ccccc3)c3ccccc3)nc(C)c2O1.[Cl-].[Cl-]. The van der Waals surface area contributed by atoms with Gasteiger partial charge in [-0.3, -0.25) is 0 Å². The smallest absolute Gasteiger partial charge is 0.200 e. The molecular formula is C48H45Cl2NO2P2. The van der Waals surface area contributed by atoms with Crippen molar-refractivity contribution in [2.45, 2.75) is 45.5 Å². The van der Waals surface area contributed by atoms with E-state index in [0.717, 1.165) is 41.4 Å². The van der Waals surface area contributed by atoms with Crippen molar-refractivity contribution < 1.29 is 34.3 Å². The number of halogens is 2. The lowest BCUT2D eigenvalue weighted by atomic mass is 10.1. The minimum Gasteiger partial charge on any atom is -1.00 e. The molecule has 1 aliphatic rings. The van der Waals surface area contributed by atoms with Crippen LogP contribution in [0.1, 0.15) is 35.9 Å². The van der Waals surface area contributed by atoms with Gasteiger partial charge in [-0.25, -0.2) is 4.98 Å². The van der Waals surface area contributed by atoms with Crippen LogP contribution in [-0.4, -0.2) is 11.3 Å². The molecule has 7 heteroatoms. The van der Waals surface area contributed by atoms with E-state index in [1.165, 1.54) is 37.4 Å². The van der Waals surface area contributed by atoms with Crippen molar-refractivity contribution in [3.05, 3.63) is 205 Å². The maximum absolute atomic E-state index is 6.66. The van der Waals surface area contributed by atoms with E-state index in [-0.39, 0.29) is 31.1 Å². The first-order valence-electron chi connectivity index (χ1n) is 18.5. The van der Waals surface area contributed by atoms with Crippen molar-refractivity contribution in [2.24, 2.45) is 0 Å². The van der Waals surface area contributed by atoms with Gasteiger partial charge in [-0.1, -0.05) is 116 Å². The first kappa shape index (κ1) is 40.3. The third kappa shape index (κ3) is 7.75. The van der Waals surface area contributed by atoms with Crippen LogP contribution in [0.15, 0.2) is 182 Å². The fourth-order valence-electron chi connectivity index (χ4n) is 8.02. The molecule has 278 valence electrons. The molecule has 1 aliphatic heterocycles. The number of aryl methyl sites for hydroxylation is 1. The topological polar surface area (TPSA) is 31.4 Å². The Labute approximate surface area is 339 Å².